The quantitative estimate of drug-likeness (QED) is 0.230. The van der Waals surface area contributed by atoms with Gasteiger partial charge >= 0.3 is 0 Å². The van der Waals surface area contributed by atoms with Gasteiger partial charge in [0.25, 0.3) is 0 Å². The molecule has 1 heterocycles. The van der Waals surface area contributed by atoms with E-state index >= 15 is 0 Å². The lowest BCUT2D eigenvalue weighted by atomic mass is 10.1. The summed E-state index contributed by atoms with van der Waals surface area (Å²) in [5.74, 6) is 0.596. The van der Waals surface area contributed by atoms with Crippen LogP contribution in [-0.2, 0) is 9.47 Å². The molecule has 0 aromatic heterocycles. The van der Waals surface area contributed by atoms with Crippen molar-refractivity contribution in [1.82, 2.24) is 10.6 Å². The van der Waals surface area contributed by atoms with Gasteiger partial charge in [0.2, 0.25) is 0 Å². The van der Waals surface area contributed by atoms with E-state index in [9.17, 15) is 4.39 Å². The summed E-state index contributed by atoms with van der Waals surface area (Å²) in [5.41, 5.74) is 0.835. The third kappa shape index (κ3) is 8.48. The molecule has 28 heavy (non-hydrogen) atoms. The molecular weight excluding hydrogens is 476 g/mol. The lowest BCUT2D eigenvalue weighted by Gasteiger charge is -2.22. The van der Waals surface area contributed by atoms with Gasteiger partial charge < -0.3 is 24.8 Å². The van der Waals surface area contributed by atoms with Crippen LogP contribution in [0, 0.1) is 5.82 Å². The Morgan fingerprint density at radius 1 is 1.36 bits per heavy atom. The fourth-order valence-electron chi connectivity index (χ4n) is 2.91. The number of hydrogen-bond donors (Lipinski definition) is 2. The fraction of sp³-hybridized carbons (Fsp3) is 0.650. The third-order valence-corrected chi connectivity index (χ3v) is 4.47. The molecule has 0 bridgehead atoms. The highest BCUT2D eigenvalue weighted by molar-refractivity contribution is 14.0. The van der Waals surface area contributed by atoms with Crippen LogP contribution in [-0.4, -0.2) is 52.1 Å². The smallest absolute Gasteiger partial charge is 0.191 e. The highest BCUT2D eigenvalue weighted by Gasteiger charge is 2.14. The number of aliphatic imine (C=N–C) groups is 1. The third-order valence-electron chi connectivity index (χ3n) is 4.47. The summed E-state index contributed by atoms with van der Waals surface area (Å²) in [6.07, 6.45) is 3.13. The van der Waals surface area contributed by atoms with E-state index in [4.69, 9.17) is 14.2 Å². The number of ether oxygens (including phenoxy) is 3. The standard InChI is InChI=1S/C20H32FN3O3.HI/c1-4-22-20(23-10-5-11-27-17-8-12-26-13-9-17)24-15(2)16-6-7-19(25-3)18(21)14-16;/h6-7,14-15,17H,4-5,8-13H2,1-3H3,(H2,22,23,24);1H. The minimum Gasteiger partial charge on any atom is -0.494 e. The molecule has 1 aromatic rings. The van der Waals surface area contributed by atoms with Gasteiger partial charge in [0.05, 0.1) is 19.3 Å². The molecule has 2 rings (SSSR count). The van der Waals surface area contributed by atoms with Crippen molar-refractivity contribution in [2.45, 2.75) is 45.3 Å². The predicted molar refractivity (Wildman–Crippen MR) is 120 cm³/mol. The first-order chi connectivity index (χ1) is 13.1. The van der Waals surface area contributed by atoms with Gasteiger partial charge in [-0.2, -0.15) is 0 Å². The zero-order valence-corrected chi connectivity index (χ0v) is 19.3. The number of rotatable bonds is 9. The van der Waals surface area contributed by atoms with Crippen LogP contribution in [0.2, 0.25) is 0 Å². The lowest BCUT2D eigenvalue weighted by Crippen LogP contribution is -2.38. The van der Waals surface area contributed by atoms with Gasteiger partial charge in [-0.15, -0.1) is 24.0 Å². The molecule has 0 spiro atoms. The van der Waals surface area contributed by atoms with Gasteiger partial charge in [0.1, 0.15) is 0 Å². The molecule has 0 amide bonds. The second kappa shape index (κ2) is 13.9. The van der Waals surface area contributed by atoms with Crippen molar-refractivity contribution in [2.24, 2.45) is 4.99 Å². The van der Waals surface area contributed by atoms with Gasteiger partial charge in [-0.05, 0) is 50.8 Å². The first-order valence-corrected chi connectivity index (χ1v) is 9.71. The zero-order chi connectivity index (χ0) is 19.5. The maximum atomic E-state index is 13.9. The summed E-state index contributed by atoms with van der Waals surface area (Å²) in [7, 11) is 1.46. The van der Waals surface area contributed by atoms with Crippen molar-refractivity contribution in [3.8, 4) is 5.75 Å². The van der Waals surface area contributed by atoms with Crippen LogP contribution < -0.4 is 15.4 Å². The molecule has 8 heteroatoms. The molecule has 1 fully saturated rings. The Balaban J connectivity index is 0.00000392. The Labute approximate surface area is 184 Å². The summed E-state index contributed by atoms with van der Waals surface area (Å²) < 4.78 is 30.1. The molecule has 2 N–H and O–H groups in total. The highest BCUT2D eigenvalue weighted by atomic mass is 127. The molecule has 1 unspecified atom stereocenters. The van der Waals surface area contributed by atoms with Crippen LogP contribution in [0.25, 0.3) is 0 Å². The summed E-state index contributed by atoms with van der Waals surface area (Å²) in [6, 6.07) is 4.90. The minimum absolute atomic E-state index is 0. The second-order valence-corrected chi connectivity index (χ2v) is 6.56. The Hall–Kier alpha value is -1.13. The highest BCUT2D eigenvalue weighted by Crippen LogP contribution is 2.21. The van der Waals surface area contributed by atoms with E-state index in [0.717, 1.165) is 44.6 Å². The SMILES string of the molecule is CCNC(=NCCCOC1CCOCC1)NC(C)c1ccc(OC)c(F)c1.I. The number of nitrogens with one attached hydrogen (secondary N) is 2. The summed E-state index contributed by atoms with van der Waals surface area (Å²) in [4.78, 5) is 4.59. The first-order valence-electron chi connectivity index (χ1n) is 9.71. The van der Waals surface area contributed by atoms with Crippen molar-refractivity contribution in [3.05, 3.63) is 29.6 Å². The maximum absolute atomic E-state index is 13.9. The first kappa shape index (κ1) is 24.9. The van der Waals surface area contributed by atoms with E-state index in [1.807, 2.05) is 19.9 Å². The van der Waals surface area contributed by atoms with Crippen molar-refractivity contribution in [3.63, 3.8) is 0 Å². The number of nitrogens with zero attached hydrogens (tertiary/aromatic N) is 1. The van der Waals surface area contributed by atoms with Crippen molar-refractivity contribution < 1.29 is 18.6 Å². The molecule has 1 aliphatic rings. The van der Waals surface area contributed by atoms with Crippen LogP contribution in [0.3, 0.4) is 0 Å². The van der Waals surface area contributed by atoms with Crippen LogP contribution >= 0.6 is 24.0 Å². The van der Waals surface area contributed by atoms with E-state index in [2.05, 4.69) is 15.6 Å². The van der Waals surface area contributed by atoms with Crippen molar-refractivity contribution in [2.75, 3.05) is 40.0 Å². The maximum Gasteiger partial charge on any atom is 0.191 e. The minimum atomic E-state index is -0.365. The fourth-order valence-corrected chi connectivity index (χ4v) is 2.91. The Kier molecular flexibility index (Phi) is 12.4. The predicted octanol–water partition coefficient (Wildman–Crippen LogP) is 3.65. The summed E-state index contributed by atoms with van der Waals surface area (Å²) in [6.45, 7) is 7.71. The van der Waals surface area contributed by atoms with Gasteiger partial charge in [0.15, 0.2) is 17.5 Å². The topological polar surface area (TPSA) is 64.1 Å². The van der Waals surface area contributed by atoms with Crippen molar-refractivity contribution in [1.29, 1.82) is 0 Å². The van der Waals surface area contributed by atoms with E-state index in [1.54, 1.807) is 6.07 Å². The average Bonchev–Trinajstić information content (AvgIpc) is 2.68. The Bertz CT molecular complexity index is 598. The molecule has 0 aliphatic carbocycles. The number of halogens is 2. The monoisotopic (exact) mass is 509 g/mol. The van der Waals surface area contributed by atoms with E-state index in [0.29, 0.717) is 25.2 Å². The lowest BCUT2D eigenvalue weighted by molar-refractivity contribution is -0.0318. The van der Waals surface area contributed by atoms with E-state index < -0.39 is 0 Å². The largest absolute Gasteiger partial charge is 0.494 e. The molecule has 1 aliphatic heterocycles. The van der Waals surface area contributed by atoms with Crippen LogP contribution in [0.5, 0.6) is 5.75 Å². The summed E-state index contributed by atoms with van der Waals surface area (Å²) >= 11 is 0. The number of guanidine groups is 1. The molecule has 6 nitrogen and oxygen atoms in total. The van der Waals surface area contributed by atoms with Crippen LogP contribution in [0.4, 0.5) is 4.39 Å². The molecule has 0 saturated carbocycles. The zero-order valence-electron chi connectivity index (χ0n) is 17.0. The molecule has 160 valence electrons. The Morgan fingerprint density at radius 2 is 2.11 bits per heavy atom. The average molecular weight is 509 g/mol. The van der Waals surface area contributed by atoms with E-state index in [1.165, 1.54) is 13.2 Å². The Morgan fingerprint density at radius 3 is 2.75 bits per heavy atom. The summed E-state index contributed by atoms with van der Waals surface area (Å²) in [5, 5.41) is 6.54. The molecule has 1 atom stereocenters. The van der Waals surface area contributed by atoms with E-state index in [-0.39, 0.29) is 41.6 Å². The number of hydrogen-bond acceptors (Lipinski definition) is 4. The van der Waals surface area contributed by atoms with Gasteiger partial charge in [-0.3, -0.25) is 4.99 Å². The molecular formula is C20H33FIN3O3. The normalized spacial score (nSPS) is 16.2. The van der Waals surface area contributed by atoms with Gasteiger partial charge in [-0.1, -0.05) is 6.07 Å². The van der Waals surface area contributed by atoms with Gasteiger partial charge in [-0.25, -0.2) is 4.39 Å². The van der Waals surface area contributed by atoms with Gasteiger partial charge in [0, 0.05) is 32.9 Å². The molecule has 1 saturated heterocycles. The second-order valence-electron chi connectivity index (χ2n) is 6.56. The van der Waals surface area contributed by atoms with Crippen molar-refractivity contribution >= 4 is 29.9 Å². The molecule has 1 aromatic carbocycles. The number of benzene rings is 1. The van der Waals surface area contributed by atoms with Crippen LogP contribution in [0.15, 0.2) is 23.2 Å². The molecule has 0 radical (unpaired) electrons. The van der Waals surface area contributed by atoms with Crippen LogP contribution in [0.1, 0.15) is 44.7 Å². The number of methoxy groups -OCH3 is 1.